The topological polar surface area (TPSA) is 50.5 Å². The molecule has 0 radical (unpaired) electrons. The van der Waals surface area contributed by atoms with Gasteiger partial charge in [-0.3, -0.25) is 9.20 Å². The van der Waals surface area contributed by atoms with E-state index in [4.69, 9.17) is 0 Å². The van der Waals surface area contributed by atoms with Gasteiger partial charge in [0.25, 0.3) is 5.91 Å². The van der Waals surface area contributed by atoms with Gasteiger partial charge in [-0.25, -0.2) is 0 Å². The number of amides is 1. The number of hydrogen-bond donors (Lipinski definition) is 0. The van der Waals surface area contributed by atoms with E-state index >= 15 is 0 Å². The van der Waals surface area contributed by atoms with E-state index in [9.17, 15) is 4.79 Å². The Labute approximate surface area is 147 Å². The number of nitrogens with zero attached hydrogens (tertiary/aromatic N) is 4. The number of likely N-dealkylation sites (tertiary alicyclic amines) is 1. The molecule has 25 heavy (non-hydrogen) atoms. The van der Waals surface area contributed by atoms with E-state index in [2.05, 4.69) is 40.5 Å². The predicted octanol–water partition coefficient (Wildman–Crippen LogP) is 3.21. The van der Waals surface area contributed by atoms with Crippen LogP contribution in [-0.4, -0.2) is 38.5 Å². The molecule has 128 valence electrons. The van der Waals surface area contributed by atoms with Gasteiger partial charge in [-0.05, 0) is 49.3 Å². The van der Waals surface area contributed by atoms with Gasteiger partial charge in [0.05, 0.1) is 5.56 Å². The van der Waals surface area contributed by atoms with Crippen LogP contribution in [-0.2, 0) is 6.42 Å². The lowest BCUT2D eigenvalue weighted by atomic mass is 9.90. The van der Waals surface area contributed by atoms with Gasteiger partial charge in [-0.1, -0.05) is 30.3 Å². The molecular formula is C20H22N4O. The Morgan fingerprint density at radius 2 is 1.88 bits per heavy atom. The lowest BCUT2D eigenvalue weighted by Crippen LogP contribution is -2.38. The summed E-state index contributed by atoms with van der Waals surface area (Å²) in [5.41, 5.74) is 2.87. The van der Waals surface area contributed by atoms with Gasteiger partial charge in [0.15, 0.2) is 5.65 Å². The Balaban J connectivity index is 1.32. The van der Waals surface area contributed by atoms with Crippen molar-refractivity contribution in [1.82, 2.24) is 19.5 Å². The number of carbonyl (C=O) groups excluding carboxylic acids is 1. The Morgan fingerprint density at radius 1 is 1.08 bits per heavy atom. The molecule has 1 aliphatic rings. The Morgan fingerprint density at radius 3 is 2.68 bits per heavy atom. The minimum absolute atomic E-state index is 0.108. The summed E-state index contributed by atoms with van der Waals surface area (Å²) in [6, 6.07) is 14.3. The van der Waals surface area contributed by atoms with Gasteiger partial charge < -0.3 is 4.90 Å². The minimum atomic E-state index is 0.108. The maximum absolute atomic E-state index is 12.7. The first kappa shape index (κ1) is 15.8. The van der Waals surface area contributed by atoms with Crippen molar-refractivity contribution in [2.75, 3.05) is 13.1 Å². The highest BCUT2D eigenvalue weighted by Gasteiger charge is 2.23. The molecule has 3 aromatic rings. The number of pyridine rings is 1. The Hall–Kier alpha value is -2.69. The van der Waals surface area contributed by atoms with Gasteiger partial charge in [-0.15, -0.1) is 10.2 Å². The second-order valence-electron chi connectivity index (χ2n) is 6.77. The van der Waals surface area contributed by atoms with Crippen LogP contribution in [0.3, 0.4) is 0 Å². The van der Waals surface area contributed by atoms with Gasteiger partial charge in [0.2, 0.25) is 0 Å². The van der Waals surface area contributed by atoms with Crippen molar-refractivity contribution in [1.29, 1.82) is 0 Å². The van der Waals surface area contributed by atoms with E-state index in [1.165, 1.54) is 12.0 Å². The summed E-state index contributed by atoms with van der Waals surface area (Å²) >= 11 is 0. The van der Waals surface area contributed by atoms with Gasteiger partial charge >= 0.3 is 0 Å². The zero-order valence-electron chi connectivity index (χ0n) is 14.2. The number of benzene rings is 1. The average Bonchev–Trinajstić information content (AvgIpc) is 3.15. The maximum Gasteiger partial charge on any atom is 0.255 e. The molecule has 0 N–H and O–H groups in total. The second kappa shape index (κ2) is 7.05. The van der Waals surface area contributed by atoms with Crippen molar-refractivity contribution in [3.63, 3.8) is 0 Å². The summed E-state index contributed by atoms with van der Waals surface area (Å²) in [6.07, 6.45) is 7.96. The molecule has 1 aromatic carbocycles. The molecule has 0 spiro atoms. The highest BCUT2D eigenvalue weighted by Crippen LogP contribution is 2.23. The Bertz CT molecular complexity index is 850. The molecular weight excluding hydrogens is 312 g/mol. The van der Waals surface area contributed by atoms with E-state index in [-0.39, 0.29) is 5.91 Å². The first-order valence-electron chi connectivity index (χ1n) is 8.92. The number of aromatic nitrogens is 3. The predicted molar refractivity (Wildman–Crippen MR) is 96.4 cm³/mol. The van der Waals surface area contributed by atoms with Crippen LogP contribution in [0.2, 0.25) is 0 Å². The third-order valence-corrected chi connectivity index (χ3v) is 5.12. The van der Waals surface area contributed by atoms with Crippen molar-refractivity contribution >= 4 is 11.6 Å². The van der Waals surface area contributed by atoms with E-state index in [0.29, 0.717) is 11.5 Å². The molecule has 0 saturated carbocycles. The summed E-state index contributed by atoms with van der Waals surface area (Å²) in [4.78, 5) is 14.7. The van der Waals surface area contributed by atoms with Gasteiger partial charge in [0.1, 0.15) is 6.33 Å². The number of piperidine rings is 1. The van der Waals surface area contributed by atoms with Crippen molar-refractivity contribution < 1.29 is 4.79 Å². The molecule has 0 bridgehead atoms. The van der Waals surface area contributed by atoms with Crippen molar-refractivity contribution in [3.8, 4) is 0 Å². The molecule has 1 aliphatic heterocycles. The van der Waals surface area contributed by atoms with E-state index in [0.717, 1.165) is 38.0 Å². The molecule has 5 nitrogen and oxygen atoms in total. The molecule has 5 heteroatoms. The third kappa shape index (κ3) is 3.55. The molecule has 1 fully saturated rings. The molecule has 0 aliphatic carbocycles. The van der Waals surface area contributed by atoms with E-state index < -0.39 is 0 Å². The lowest BCUT2D eigenvalue weighted by molar-refractivity contribution is 0.0686. The molecule has 0 atom stereocenters. The molecule has 1 amide bonds. The maximum atomic E-state index is 12.7. The number of rotatable bonds is 4. The van der Waals surface area contributed by atoms with Crippen LogP contribution in [0.4, 0.5) is 0 Å². The summed E-state index contributed by atoms with van der Waals surface area (Å²) in [5.74, 6) is 0.821. The molecule has 3 heterocycles. The smallest absolute Gasteiger partial charge is 0.255 e. The average molecular weight is 334 g/mol. The normalized spacial score (nSPS) is 15.6. The number of fused-ring (bicyclic) bond motifs is 1. The summed E-state index contributed by atoms with van der Waals surface area (Å²) in [5, 5.41) is 7.83. The fourth-order valence-corrected chi connectivity index (χ4v) is 3.58. The molecule has 4 rings (SSSR count). The van der Waals surface area contributed by atoms with Crippen LogP contribution >= 0.6 is 0 Å². The zero-order chi connectivity index (χ0) is 17.1. The van der Waals surface area contributed by atoms with Crippen LogP contribution < -0.4 is 0 Å². The van der Waals surface area contributed by atoms with Crippen molar-refractivity contribution in [3.05, 3.63) is 66.1 Å². The quantitative estimate of drug-likeness (QED) is 0.736. The molecule has 2 aromatic heterocycles. The molecule has 0 unspecified atom stereocenters. The van der Waals surface area contributed by atoms with Crippen LogP contribution in [0, 0.1) is 5.92 Å². The summed E-state index contributed by atoms with van der Waals surface area (Å²) in [6.45, 7) is 1.69. The highest BCUT2D eigenvalue weighted by atomic mass is 16.2. The Kier molecular flexibility index (Phi) is 4.46. The van der Waals surface area contributed by atoms with E-state index in [1.54, 1.807) is 10.7 Å². The van der Waals surface area contributed by atoms with Gasteiger partial charge in [-0.2, -0.15) is 0 Å². The van der Waals surface area contributed by atoms with Crippen LogP contribution in [0.15, 0.2) is 55.0 Å². The second-order valence-corrected chi connectivity index (χ2v) is 6.77. The SMILES string of the molecule is O=C(c1ccc2nncn2c1)N1CCC(CCc2ccccc2)CC1. The zero-order valence-corrected chi connectivity index (χ0v) is 14.2. The first-order chi connectivity index (χ1) is 12.3. The van der Waals surface area contributed by atoms with Crippen LogP contribution in [0.25, 0.3) is 5.65 Å². The van der Waals surface area contributed by atoms with Crippen LogP contribution in [0.5, 0.6) is 0 Å². The van der Waals surface area contributed by atoms with Crippen LogP contribution in [0.1, 0.15) is 35.2 Å². The summed E-state index contributed by atoms with van der Waals surface area (Å²) < 4.78 is 1.79. The minimum Gasteiger partial charge on any atom is -0.339 e. The number of carbonyl (C=O) groups is 1. The standard InChI is InChI=1S/C20H22N4O/c25-20(18-8-9-19-22-21-15-24(19)14-18)23-12-10-17(11-13-23)7-6-16-4-2-1-3-5-16/h1-5,8-9,14-15,17H,6-7,10-13H2. The van der Waals surface area contributed by atoms with Gasteiger partial charge in [0, 0.05) is 19.3 Å². The number of aryl methyl sites for hydroxylation is 1. The summed E-state index contributed by atoms with van der Waals surface area (Å²) in [7, 11) is 0. The van der Waals surface area contributed by atoms with Crippen molar-refractivity contribution in [2.24, 2.45) is 5.92 Å². The van der Waals surface area contributed by atoms with E-state index in [1.807, 2.05) is 23.2 Å². The largest absolute Gasteiger partial charge is 0.339 e. The fourth-order valence-electron chi connectivity index (χ4n) is 3.58. The van der Waals surface area contributed by atoms with Crippen molar-refractivity contribution in [2.45, 2.75) is 25.7 Å². The first-order valence-corrected chi connectivity index (χ1v) is 8.92. The lowest BCUT2D eigenvalue weighted by Gasteiger charge is -2.32. The third-order valence-electron chi connectivity index (χ3n) is 5.12. The monoisotopic (exact) mass is 334 g/mol. The highest BCUT2D eigenvalue weighted by molar-refractivity contribution is 5.94. The molecule has 1 saturated heterocycles. The number of hydrogen-bond acceptors (Lipinski definition) is 3. The fraction of sp³-hybridized carbons (Fsp3) is 0.350.